The molecule has 0 amide bonds. The molecule has 0 saturated heterocycles. The van der Waals surface area contributed by atoms with Crippen LogP contribution in [0.5, 0.6) is 0 Å². The van der Waals surface area contributed by atoms with Crippen LogP contribution in [0.2, 0.25) is 0 Å². The molecule has 0 bridgehead atoms. The summed E-state index contributed by atoms with van der Waals surface area (Å²) in [5.41, 5.74) is 0.560. The zero-order valence-electron chi connectivity index (χ0n) is 8.77. The van der Waals surface area contributed by atoms with Crippen molar-refractivity contribution in [1.29, 1.82) is 0 Å². The summed E-state index contributed by atoms with van der Waals surface area (Å²) < 4.78 is 23.4. The molecule has 3 nitrogen and oxygen atoms in total. The number of carbonyl (C=O) groups is 1. The van der Waals surface area contributed by atoms with E-state index in [2.05, 4.69) is 4.74 Å². The van der Waals surface area contributed by atoms with Crippen LogP contribution in [0.15, 0.2) is 34.7 Å². The Morgan fingerprint density at radius 1 is 1.50 bits per heavy atom. The van der Waals surface area contributed by atoms with Crippen molar-refractivity contribution in [3.05, 3.63) is 36.1 Å². The topological polar surface area (TPSA) is 39.4 Å². The molecule has 0 saturated carbocycles. The molecule has 1 aromatic heterocycles. The van der Waals surface area contributed by atoms with Crippen LogP contribution >= 0.6 is 0 Å². The summed E-state index contributed by atoms with van der Waals surface area (Å²) in [7, 11) is 0. The van der Waals surface area contributed by atoms with Crippen LogP contribution < -0.4 is 0 Å². The second kappa shape index (κ2) is 4.35. The maximum atomic E-state index is 13.6. The highest BCUT2D eigenvalue weighted by Gasteiger charge is 2.24. The highest BCUT2D eigenvalue weighted by atomic mass is 19.1. The Hall–Kier alpha value is -1.84. The molecule has 0 fully saturated rings. The van der Waals surface area contributed by atoms with Crippen molar-refractivity contribution in [1.82, 2.24) is 0 Å². The van der Waals surface area contributed by atoms with Gasteiger partial charge < -0.3 is 9.15 Å². The maximum Gasteiger partial charge on any atom is 0.348 e. The largest absolute Gasteiger partial charge is 0.463 e. The number of rotatable bonds is 3. The first kappa shape index (κ1) is 10.7. The lowest BCUT2D eigenvalue weighted by atomic mass is 10.2. The van der Waals surface area contributed by atoms with Gasteiger partial charge in [0, 0.05) is 5.39 Å². The van der Waals surface area contributed by atoms with Gasteiger partial charge in [-0.3, -0.25) is 0 Å². The first-order chi connectivity index (χ1) is 7.72. The van der Waals surface area contributed by atoms with Crippen molar-refractivity contribution in [2.45, 2.75) is 13.1 Å². The molecule has 1 atom stereocenters. The molecule has 4 heteroatoms. The number of para-hydroxylation sites is 1. The molecule has 1 aromatic carbocycles. The van der Waals surface area contributed by atoms with Crippen LogP contribution in [0.25, 0.3) is 11.0 Å². The van der Waals surface area contributed by atoms with E-state index in [1.807, 2.05) is 6.07 Å². The fourth-order valence-electron chi connectivity index (χ4n) is 1.46. The predicted octanol–water partition coefficient (Wildman–Crippen LogP) is 3.01. The number of esters is 1. The highest BCUT2D eigenvalue weighted by Crippen LogP contribution is 2.26. The molecular weight excluding hydrogens is 211 g/mol. The van der Waals surface area contributed by atoms with Gasteiger partial charge in [-0.15, -0.1) is 0 Å². The number of carbonyl (C=O) groups excluding carboxylic acids is 1. The summed E-state index contributed by atoms with van der Waals surface area (Å²) in [4.78, 5) is 11.2. The van der Waals surface area contributed by atoms with Gasteiger partial charge in [0.15, 0.2) is 5.76 Å². The minimum absolute atomic E-state index is 0.0142. The molecule has 2 rings (SSSR count). The normalized spacial score (nSPS) is 12.6. The molecule has 0 N–H and O–H groups in total. The molecule has 2 aromatic rings. The summed E-state index contributed by atoms with van der Waals surface area (Å²) in [6, 6.07) is 8.63. The number of hydrogen-bond acceptors (Lipinski definition) is 3. The molecule has 1 unspecified atom stereocenters. The number of ether oxygens (including phenoxy) is 1. The van der Waals surface area contributed by atoms with Gasteiger partial charge in [-0.1, -0.05) is 18.2 Å². The number of benzene rings is 1. The van der Waals surface area contributed by atoms with Gasteiger partial charge in [0.25, 0.3) is 6.17 Å². The van der Waals surface area contributed by atoms with Gasteiger partial charge >= 0.3 is 5.97 Å². The SMILES string of the molecule is CCOC(=O)C(F)c1cc2ccccc2o1. The summed E-state index contributed by atoms with van der Waals surface area (Å²) in [6.45, 7) is 1.78. The molecule has 84 valence electrons. The average molecular weight is 222 g/mol. The highest BCUT2D eigenvalue weighted by molar-refractivity contribution is 5.81. The fourth-order valence-corrected chi connectivity index (χ4v) is 1.46. The zero-order chi connectivity index (χ0) is 11.5. The van der Waals surface area contributed by atoms with Gasteiger partial charge in [-0.2, -0.15) is 0 Å². The van der Waals surface area contributed by atoms with E-state index in [4.69, 9.17) is 4.42 Å². The molecule has 0 aliphatic heterocycles. The Balaban J connectivity index is 2.29. The number of furan rings is 1. The first-order valence-electron chi connectivity index (χ1n) is 5.01. The Kier molecular flexibility index (Phi) is 2.90. The number of alkyl halides is 1. The summed E-state index contributed by atoms with van der Waals surface area (Å²) >= 11 is 0. The van der Waals surface area contributed by atoms with Crippen LogP contribution in [0.3, 0.4) is 0 Å². The monoisotopic (exact) mass is 222 g/mol. The average Bonchev–Trinajstić information content (AvgIpc) is 2.71. The smallest absolute Gasteiger partial charge is 0.348 e. The van der Waals surface area contributed by atoms with Crippen LogP contribution in [0.4, 0.5) is 4.39 Å². The summed E-state index contributed by atoms with van der Waals surface area (Å²) in [5.74, 6) is -0.929. The number of hydrogen-bond donors (Lipinski definition) is 0. The second-order valence-electron chi connectivity index (χ2n) is 3.30. The van der Waals surface area contributed by atoms with E-state index >= 15 is 0 Å². The number of fused-ring (bicyclic) bond motifs is 1. The van der Waals surface area contributed by atoms with Crippen molar-refractivity contribution in [3.8, 4) is 0 Å². The van der Waals surface area contributed by atoms with Crippen molar-refractivity contribution >= 4 is 16.9 Å². The molecule has 0 aliphatic carbocycles. The minimum atomic E-state index is -1.85. The Morgan fingerprint density at radius 2 is 2.25 bits per heavy atom. The van der Waals surface area contributed by atoms with Crippen molar-refractivity contribution in [2.24, 2.45) is 0 Å². The standard InChI is InChI=1S/C12H11FO3/c1-2-15-12(14)11(13)10-7-8-5-3-4-6-9(8)16-10/h3-7,11H,2H2,1H3. The van der Waals surface area contributed by atoms with Gasteiger partial charge in [0.2, 0.25) is 0 Å². The van der Waals surface area contributed by atoms with Crippen LogP contribution in [-0.2, 0) is 9.53 Å². The Morgan fingerprint density at radius 3 is 2.94 bits per heavy atom. The maximum absolute atomic E-state index is 13.6. The minimum Gasteiger partial charge on any atom is -0.463 e. The van der Waals surface area contributed by atoms with E-state index in [-0.39, 0.29) is 12.4 Å². The first-order valence-corrected chi connectivity index (χ1v) is 5.01. The fraction of sp³-hybridized carbons (Fsp3) is 0.250. The van der Waals surface area contributed by atoms with Crippen molar-refractivity contribution in [2.75, 3.05) is 6.61 Å². The van der Waals surface area contributed by atoms with Gasteiger partial charge in [-0.05, 0) is 19.1 Å². The van der Waals surface area contributed by atoms with E-state index in [0.717, 1.165) is 5.39 Å². The third-order valence-corrected chi connectivity index (χ3v) is 2.19. The zero-order valence-corrected chi connectivity index (χ0v) is 8.77. The molecule has 0 spiro atoms. The van der Waals surface area contributed by atoms with Crippen molar-refractivity contribution in [3.63, 3.8) is 0 Å². The third kappa shape index (κ3) is 1.91. The molecule has 1 heterocycles. The Labute approximate surface area is 91.8 Å². The molecular formula is C12H11FO3. The van der Waals surface area contributed by atoms with E-state index in [1.165, 1.54) is 6.07 Å². The molecule has 0 aliphatic rings. The van der Waals surface area contributed by atoms with Gasteiger partial charge in [-0.25, -0.2) is 9.18 Å². The van der Waals surface area contributed by atoms with E-state index in [9.17, 15) is 9.18 Å². The van der Waals surface area contributed by atoms with Gasteiger partial charge in [0.05, 0.1) is 6.61 Å². The Bertz CT molecular complexity index is 471. The van der Waals surface area contributed by atoms with Crippen LogP contribution in [0.1, 0.15) is 18.9 Å². The van der Waals surface area contributed by atoms with E-state index in [0.29, 0.717) is 5.58 Å². The quantitative estimate of drug-likeness (QED) is 0.749. The molecule has 16 heavy (non-hydrogen) atoms. The third-order valence-electron chi connectivity index (χ3n) is 2.19. The molecule has 0 radical (unpaired) electrons. The van der Waals surface area contributed by atoms with Gasteiger partial charge in [0.1, 0.15) is 5.58 Å². The summed E-state index contributed by atoms with van der Waals surface area (Å²) in [5, 5.41) is 0.768. The van der Waals surface area contributed by atoms with E-state index in [1.54, 1.807) is 25.1 Å². The van der Waals surface area contributed by atoms with E-state index < -0.39 is 12.1 Å². The van der Waals surface area contributed by atoms with Crippen LogP contribution in [-0.4, -0.2) is 12.6 Å². The lowest BCUT2D eigenvalue weighted by Crippen LogP contribution is -2.11. The predicted molar refractivity (Wildman–Crippen MR) is 56.7 cm³/mol. The lowest BCUT2D eigenvalue weighted by Gasteiger charge is -2.03. The lowest BCUT2D eigenvalue weighted by molar-refractivity contribution is -0.149. The number of halogens is 1. The van der Waals surface area contributed by atoms with Crippen LogP contribution in [0, 0.1) is 0 Å². The second-order valence-corrected chi connectivity index (χ2v) is 3.30. The van der Waals surface area contributed by atoms with Crippen molar-refractivity contribution < 1.29 is 18.3 Å². The summed E-state index contributed by atoms with van der Waals surface area (Å²) in [6.07, 6.45) is -1.85.